The van der Waals surface area contributed by atoms with E-state index >= 15 is 0 Å². The number of likely N-dealkylation sites (N-methyl/N-ethyl adjacent to an activating group) is 1. The summed E-state index contributed by atoms with van der Waals surface area (Å²) in [5.74, 6) is 0.151. The van der Waals surface area contributed by atoms with E-state index in [1.807, 2.05) is 38.1 Å². The zero-order valence-electron chi connectivity index (χ0n) is 12.5. The molecule has 1 rings (SSSR count). The van der Waals surface area contributed by atoms with Gasteiger partial charge in [-0.05, 0) is 18.9 Å². The first-order valence-electron chi connectivity index (χ1n) is 7.13. The Morgan fingerprint density at radius 1 is 1.20 bits per heavy atom. The van der Waals surface area contributed by atoms with Gasteiger partial charge in [-0.3, -0.25) is 0 Å². The molecule has 0 aliphatic carbocycles. The van der Waals surface area contributed by atoms with Crippen molar-refractivity contribution >= 4 is 10.0 Å². The number of benzene rings is 1. The Kier molecular flexibility index (Phi) is 6.65. The van der Waals surface area contributed by atoms with Crippen molar-refractivity contribution in [3.8, 4) is 0 Å². The van der Waals surface area contributed by atoms with Gasteiger partial charge in [0.05, 0.1) is 11.9 Å². The number of rotatable bonds is 8. The van der Waals surface area contributed by atoms with Gasteiger partial charge in [0.25, 0.3) is 0 Å². The Morgan fingerprint density at radius 2 is 1.80 bits per heavy atom. The normalized spacial score (nSPS) is 13.7. The number of aliphatic hydroxyl groups is 1. The average Bonchev–Trinajstić information content (AvgIpc) is 2.42. The van der Waals surface area contributed by atoms with Crippen molar-refractivity contribution in [3.63, 3.8) is 0 Å². The lowest BCUT2D eigenvalue weighted by atomic mass is 10.1. The van der Waals surface area contributed by atoms with Crippen molar-refractivity contribution in [1.29, 1.82) is 0 Å². The second kappa shape index (κ2) is 7.76. The molecule has 0 bridgehead atoms. The van der Waals surface area contributed by atoms with E-state index in [1.54, 1.807) is 6.92 Å². The Morgan fingerprint density at radius 3 is 2.30 bits per heavy atom. The summed E-state index contributed by atoms with van der Waals surface area (Å²) in [5, 5.41) is 10.2. The third kappa shape index (κ3) is 4.89. The van der Waals surface area contributed by atoms with Crippen LogP contribution in [0.15, 0.2) is 24.3 Å². The molecule has 0 aliphatic rings. The van der Waals surface area contributed by atoms with E-state index in [2.05, 4.69) is 0 Å². The average molecular weight is 299 g/mol. The van der Waals surface area contributed by atoms with Crippen LogP contribution in [0.2, 0.25) is 0 Å². The Labute approximate surface area is 122 Å². The SMILES string of the molecule is CCCCS(=O)(=O)N(CC)CC(O)c1ccc(C)cc1. The smallest absolute Gasteiger partial charge is 0.214 e. The predicted molar refractivity (Wildman–Crippen MR) is 82.1 cm³/mol. The Hall–Kier alpha value is -0.910. The van der Waals surface area contributed by atoms with Crippen molar-refractivity contribution in [2.24, 2.45) is 0 Å². The van der Waals surface area contributed by atoms with E-state index in [0.717, 1.165) is 17.5 Å². The minimum atomic E-state index is -3.27. The molecule has 0 saturated heterocycles. The number of nitrogens with zero attached hydrogens (tertiary/aromatic N) is 1. The Bertz CT molecular complexity index is 496. The van der Waals surface area contributed by atoms with Crippen LogP contribution in [0, 0.1) is 6.92 Å². The molecule has 1 unspecified atom stereocenters. The molecular formula is C15H25NO3S. The zero-order chi connectivity index (χ0) is 15.2. The molecule has 5 heteroatoms. The lowest BCUT2D eigenvalue weighted by molar-refractivity contribution is 0.149. The number of aliphatic hydroxyl groups excluding tert-OH is 1. The maximum absolute atomic E-state index is 12.2. The fourth-order valence-electron chi connectivity index (χ4n) is 1.98. The number of hydrogen-bond acceptors (Lipinski definition) is 3. The van der Waals surface area contributed by atoms with Crippen LogP contribution in [0.4, 0.5) is 0 Å². The van der Waals surface area contributed by atoms with E-state index in [9.17, 15) is 13.5 Å². The molecule has 114 valence electrons. The van der Waals surface area contributed by atoms with Crippen LogP contribution in [0.3, 0.4) is 0 Å². The van der Waals surface area contributed by atoms with Gasteiger partial charge in [-0.15, -0.1) is 0 Å². The van der Waals surface area contributed by atoms with Crippen LogP contribution in [0.5, 0.6) is 0 Å². The summed E-state index contributed by atoms with van der Waals surface area (Å²) in [6.45, 7) is 6.24. The van der Waals surface area contributed by atoms with Crippen LogP contribution >= 0.6 is 0 Å². The highest BCUT2D eigenvalue weighted by Gasteiger charge is 2.23. The van der Waals surface area contributed by atoms with Crippen molar-refractivity contribution < 1.29 is 13.5 Å². The van der Waals surface area contributed by atoms with Gasteiger partial charge in [-0.1, -0.05) is 50.1 Å². The molecule has 4 nitrogen and oxygen atoms in total. The molecule has 0 heterocycles. The summed E-state index contributed by atoms with van der Waals surface area (Å²) < 4.78 is 25.7. The molecule has 0 radical (unpaired) electrons. The lowest BCUT2D eigenvalue weighted by Gasteiger charge is -2.23. The minimum absolute atomic E-state index is 0.117. The molecule has 20 heavy (non-hydrogen) atoms. The highest BCUT2D eigenvalue weighted by atomic mass is 32.2. The fraction of sp³-hybridized carbons (Fsp3) is 0.600. The molecule has 0 amide bonds. The fourth-order valence-corrected chi connectivity index (χ4v) is 3.66. The lowest BCUT2D eigenvalue weighted by Crippen LogP contribution is -2.36. The molecule has 0 fully saturated rings. The van der Waals surface area contributed by atoms with Crippen molar-refractivity contribution in [3.05, 3.63) is 35.4 Å². The zero-order valence-corrected chi connectivity index (χ0v) is 13.4. The topological polar surface area (TPSA) is 57.6 Å². The number of unbranched alkanes of at least 4 members (excludes halogenated alkanes) is 1. The Balaban J connectivity index is 2.75. The van der Waals surface area contributed by atoms with Crippen LogP contribution in [-0.4, -0.2) is 36.7 Å². The second-order valence-corrected chi connectivity index (χ2v) is 7.14. The van der Waals surface area contributed by atoms with Crippen molar-refractivity contribution in [1.82, 2.24) is 4.31 Å². The number of sulfonamides is 1. The largest absolute Gasteiger partial charge is 0.387 e. The van der Waals surface area contributed by atoms with Gasteiger partial charge in [-0.25, -0.2) is 8.42 Å². The summed E-state index contributed by atoms with van der Waals surface area (Å²) in [6, 6.07) is 7.51. The summed E-state index contributed by atoms with van der Waals surface area (Å²) in [7, 11) is -3.27. The van der Waals surface area contributed by atoms with Gasteiger partial charge in [0.2, 0.25) is 10.0 Å². The monoisotopic (exact) mass is 299 g/mol. The van der Waals surface area contributed by atoms with E-state index in [0.29, 0.717) is 13.0 Å². The molecule has 0 saturated carbocycles. The molecule has 1 atom stereocenters. The maximum Gasteiger partial charge on any atom is 0.214 e. The van der Waals surface area contributed by atoms with Crippen LogP contribution in [0.1, 0.15) is 43.9 Å². The molecule has 1 aromatic carbocycles. The number of hydrogen-bond donors (Lipinski definition) is 1. The molecule has 1 N–H and O–H groups in total. The molecule has 0 aliphatic heterocycles. The van der Waals surface area contributed by atoms with E-state index in [-0.39, 0.29) is 12.3 Å². The quantitative estimate of drug-likeness (QED) is 0.802. The first kappa shape index (κ1) is 17.1. The predicted octanol–water partition coefficient (Wildman–Crippen LogP) is 2.48. The maximum atomic E-state index is 12.2. The number of aryl methyl sites for hydroxylation is 1. The third-order valence-corrected chi connectivity index (χ3v) is 5.34. The second-order valence-electron chi connectivity index (χ2n) is 5.05. The van der Waals surface area contributed by atoms with Gasteiger partial charge >= 0.3 is 0 Å². The van der Waals surface area contributed by atoms with Gasteiger partial charge < -0.3 is 5.11 Å². The van der Waals surface area contributed by atoms with Gasteiger partial charge in [0.1, 0.15) is 0 Å². The van der Waals surface area contributed by atoms with E-state index < -0.39 is 16.1 Å². The highest BCUT2D eigenvalue weighted by molar-refractivity contribution is 7.89. The van der Waals surface area contributed by atoms with Gasteiger partial charge in [0, 0.05) is 13.1 Å². The van der Waals surface area contributed by atoms with Crippen LogP contribution < -0.4 is 0 Å². The summed E-state index contributed by atoms with van der Waals surface area (Å²) >= 11 is 0. The van der Waals surface area contributed by atoms with E-state index in [1.165, 1.54) is 4.31 Å². The molecular weight excluding hydrogens is 274 g/mol. The summed E-state index contributed by atoms with van der Waals surface area (Å²) in [4.78, 5) is 0. The van der Waals surface area contributed by atoms with Crippen LogP contribution in [-0.2, 0) is 10.0 Å². The minimum Gasteiger partial charge on any atom is -0.387 e. The van der Waals surface area contributed by atoms with Crippen molar-refractivity contribution in [2.75, 3.05) is 18.8 Å². The van der Waals surface area contributed by atoms with E-state index in [4.69, 9.17) is 0 Å². The van der Waals surface area contributed by atoms with Crippen molar-refractivity contribution in [2.45, 2.75) is 39.7 Å². The van der Waals surface area contributed by atoms with Gasteiger partial charge in [0.15, 0.2) is 0 Å². The standard InChI is InChI=1S/C15H25NO3S/c1-4-6-11-20(18,19)16(5-2)12-15(17)14-9-7-13(3)8-10-14/h7-10,15,17H,4-6,11-12H2,1-3H3. The summed E-state index contributed by atoms with van der Waals surface area (Å²) in [5.41, 5.74) is 1.86. The highest BCUT2D eigenvalue weighted by Crippen LogP contribution is 2.17. The first-order chi connectivity index (χ1) is 9.40. The van der Waals surface area contributed by atoms with Crippen LogP contribution in [0.25, 0.3) is 0 Å². The van der Waals surface area contributed by atoms with Gasteiger partial charge in [-0.2, -0.15) is 4.31 Å². The third-order valence-electron chi connectivity index (χ3n) is 3.34. The first-order valence-corrected chi connectivity index (χ1v) is 8.74. The molecule has 0 aromatic heterocycles. The summed E-state index contributed by atoms with van der Waals surface area (Å²) in [6.07, 6.45) is 0.712. The molecule has 0 spiro atoms. The molecule has 1 aromatic rings.